The van der Waals surface area contributed by atoms with Gasteiger partial charge in [-0.05, 0) is 83.1 Å². The second-order valence-corrected chi connectivity index (χ2v) is 15.0. The molecule has 0 fully saturated rings. The molecule has 52 heavy (non-hydrogen) atoms. The molecule has 0 amide bonds. The molecule has 0 aliphatic rings. The molecule has 302 valence electrons. The lowest BCUT2D eigenvalue weighted by atomic mass is 10.1. The van der Waals surface area contributed by atoms with Crippen LogP contribution in [0.3, 0.4) is 0 Å². The Balaban J connectivity index is 4.22. The minimum atomic E-state index is -4.31. The number of phosphoric acid groups is 1. The van der Waals surface area contributed by atoms with Crippen molar-refractivity contribution >= 4 is 13.8 Å². The quantitative estimate of drug-likeness (QED) is 0.0210. The van der Waals surface area contributed by atoms with E-state index < -0.39 is 19.9 Å². The number of nitrogens with two attached hydrogens (primary N) is 1. The third-order valence-corrected chi connectivity index (χ3v) is 9.46. The van der Waals surface area contributed by atoms with E-state index >= 15 is 0 Å². The Morgan fingerprint density at radius 1 is 0.596 bits per heavy atom. The van der Waals surface area contributed by atoms with E-state index in [1.807, 2.05) is 6.08 Å². The molecule has 0 saturated heterocycles. The fourth-order valence-electron chi connectivity index (χ4n) is 5.38. The van der Waals surface area contributed by atoms with Crippen LogP contribution in [0.4, 0.5) is 0 Å². The van der Waals surface area contributed by atoms with Gasteiger partial charge < -0.3 is 20.1 Å². The molecule has 9 heteroatoms. The van der Waals surface area contributed by atoms with Crippen molar-refractivity contribution in [2.45, 2.75) is 180 Å². The van der Waals surface area contributed by atoms with Gasteiger partial charge in [-0.1, -0.05) is 140 Å². The predicted octanol–water partition coefficient (Wildman–Crippen LogP) is 12.5. The van der Waals surface area contributed by atoms with Crippen molar-refractivity contribution in [3.05, 3.63) is 60.9 Å². The van der Waals surface area contributed by atoms with Crippen LogP contribution in [0.25, 0.3) is 0 Å². The van der Waals surface area contributed by atoms with Crippen molar-refractivity contribution in [3.63, 3.8) is 0 Å². The zero-order chi connectivity index (χ0) is 38.1. The third kappa shape index (κ3) is 39.3. The molecule has 0 radical (unpaired) electrons. The number of esters is 1. The van der Waals surface area contributed by atoms with E-state index in [1.54, 1.807) is 6.26 Å². The van der Waals surface area contributed by atoms with Crippen LogP contribution in [0.15, 0.2) is 60.9 Å². The molecule has 1 unspecified atom stereocenters. The largest absolute Gasteiger partial charge is 0.498 e. The van der Waals surface area contributed by atoms with Gasteiger partial charge in [-0.3, -0.25) is 13.8 Å². The minimum Gasteiger partial charge on any atom is -0.498 e. The SMILES string of the molecule is CCCCCC/C=C\CCCCCCCC/C=C\OC[C@H](COP(=O)(O)OCCN)OC(=O)CCC/C=C\C/C=C\C/C=C\CCCCCCCC. The van der Waals surface area contributed by atoms with E-state index in [0.717, 1.165) is 32.1 Å². The van der Waals surface area contributed by atoms with Crippen molar-refractivity contribution in [2.75, 3.05) is 26.4 Å². The van der Waals surface area contributed by atoms with Crippen LogP contribution in [0.2, 0.25) is 0 Å². The number of unbranched alkanes of at least 4 members (excludes halogenated alkanes) is 18. The molecule has 2 atom stereocenters. The first kappa shape index (κ1) is 50.0. The summed E-state index contributed by atoms with van der Waals surface area (Å²) in [5, 5.41) is 0. The number of carbonyl (C=O) groups excluding carboxylic acids is 1. The third-order valence-electron chi connectivity index (χ3n) is 8.47. The van der Waals surface area contributed by atoms with Crippen molar-refractivity contribution in [3.8, 4) is 0 Å². The maximum absolute atomic E-state index is 12.5. The maximum atomic E-state index is 12.5. The first-order valence-electron chi connectivity index (χ1n) is 20.8. The number of allylic oxidation sites excluding steroid dienone is 9. The molecule has 0 aliphatic heterocycles. The molecule has 0 aliphatic carbocycles. The summed E-state index contributed by atoms with van der Waals surface area (Å²) >= 11 is 0. The van der Waals surface area contributed by atoms with Gasteiger partial charge in [0.1, 0.15) is 6.61 Å². The van der Waals surface area contributed by atoms with Gasteiger partial charge in [0.2, 0.25) is 0 Å². The van der Waals surface area contributed by atoms with Crippen LogP contribution in [-0.2, 0) is 27.9 Å². The Labute approximate surface area is 319 Å². The summed E-state index contributed by atoms with van der Waals surface area (Å²) in [6.45, 7) is 4.15. The number of rotatable bonds is 39. The number of carbonyl (C=O) groups is 1. The number of ether oxygens (including phenoxy) is 2. The Hall–Kier alpha value is -1.96. The highest BCUT2D eigenvalue weighted by atomic mass is 31.2. The van der Waals surface area contributed by atoms with Gasteiger partial charge >= 0.3 is 13.8 Å². The molecule has 3 N–H and O–H groups in total. The smallest absolute Gasteiger partial charge is 0.472 e. The van der Waals surface area contributed by atoms with Crippen LogP contribution in [0, 0.1) is 0 Å². The van der Waals surface area contributed by atoms with Gasteiger partial charge in [0, 0.05) is 13.0 Å². The highest BCUT2D eigenvalue weighted by Gasteiger charge is 2.25. The predicted molar refractivity (Wildman–Crippen MR) is 219 cm³/mol. The van der Waals surface area contributed by atoms with Crippen LogP contribution in [-0.4, -0.2) is 43.3 Å². The zero-order valence-corrected chi connectivity index (χ0v) is 34.2. The minimum absolute atomic E-state index is 0.00673. The Morgan fingerprint density at radius 2 is 1.04 bits per heavy atom. The second kappa shape index (κ2) is 40.2. The molecular weight excluding hydrogens is 673 g/mol. The van der Waals surface area contributed by atoms with Crippen LogP contribution < -0.4 is 5.73 Å². The lowest BCUT2D eigenvalue weighted by Crippen LogP contribution is -2.27. The fourth-order valence-corrected chi connectivity index (χ4v) is 6.15. The van der Waals surface area contributed by atoms with E-state index in [-0.39, 0.29) is 32.8 Å². The molecular formula is C43H78NO7P. The average molecular weight is 752 g/mol. The lowest BCUT2D eigenvalue weighted by Gasteiger charge is -2.19. The van der Waals surface area contributed by atoms with Crippen LogP contribution in [0.5, 0.6) is 0 Å². The van der Waals surface area contributed by atoms with Crippen LogP contribution >= 0.6 is 7.82 Å². The number of hydrogen-bond acceptors (Lipinski definition) is 7. The van der Waals surface area contributed by atoms with E-state index in [4.69, 9.17) is 24.3 Å². The topological polar surface area (TPSA) is 117 Å². The van der Waals surface area contributed by atoms with Gasteiger partial charge in [-0.25, -0.2) is 4.57 Å². The summed E-state index contributed by atoms with van der Waals surface area (Å²) in [4.78, 5) is 22.4. The normalized spacial score (nSPS) is 14.1. The molecule has 0 rings (SSSR count). The molecule has 0 aromatic heterocycles. The van der Waals surface area contributed by atoms with Crippen molar-refractivity contribution in [2.24, 2.45) is 5.73 Å². The molecule has 0 aromatic carbocycles. The average Bonchev–Trinajstić information content (AvgIpc) is 3.13. The summed E-state index contributed by atoms with van der Waals surface area (Å²) in [7, 11) is -4.31. The van der Waals surface area contributed by atoms with E-state index in [0.29, 0.717) is 6.42 Å². The lowest BCUT2D eigenvalue weighted by molar-refractivity contribution is -0.153. The first-order chi connectivity index (χ1) is 25.4. The van der Waals surface area contributed by atoms with Crippen LogP contribution in [0.1, 0.15) is 174 Å². The summed E-state index contributed by atoms with van der Waals surface area (Å²) in [5.41, 5.74) is 5.35. The monoisotopic (exact) mass is 752 g/mol. The fraction of sp³-hybridized carbons (Fsp3) is 0.744. The summed E-state index contributed by atoms with van der Waals surface area (Å²) in [6, 6.07) is 0. The molecule has 0 saturated carbocycles. The van der Waals surface area contributed by atoms with E-state index in [9.17, 15) is 14.3 Å². The molecule has 0 bridgehead atoms. The van der Waals surface area contributed by atoms with Crippen molar-refractivity contribution in [1.82, 2.24) is 0 Å². The van der Waals surface area contributed by atoms with Gasteiger partial charge in [0.25, 0.3) is 0 Å². The maximum Gasteiger partial charge on any atom is 0.472 e. The van der Waals surface area contributed by atoms with Gasteiger partial charge in [0.05, 0.1) is 19.5 Å². The van der Waals surface area contributed by atoms with E-state index in [1.165, 1.54) is 116 Å². The summed E-state index contributed by atoms with van der Waals surface area (Å²) < 4.78 is 33.1. The number of phosphoric ester groups is 1. The van der Waals surface area contributed by atoms with Crippen molar-refractivity contribution < 1.29 is 32.8 Å². The Kier molecular flexibility index (Phi) is 38.7. The summed E-state index contributed by atoms with van der Waals surface area (Å²) in [6.07, 6.45) is 49.1. The standard InChI is InChI=1S/C43H78NO7P/c1-3-5-7-9-11-13-15-17-19-21-22-24-26-28-30-32-34-36-43(45)51-42(41-50-52(46,47)49-39-37-44)40-48-38-35-33-31-29-27-25-23-20-18-16-14-12-10-8-6-4-2/h14,16-17,19,22,24,28,30,35,38,42H,3-13,15,18,20-21,23,25-27,29,31-34,36-37,39-41,44H2,1-2H3,(H,46,47)/b16-14-,19-17-,24-22-,30-28-,38-35-/t42-/m1/s1. The highest BCUT2D eigenvalue weighted by Crippen LogP contribution is 2.43. The first-order valence-corrected chi connectivity index (χ1v) is 22.3. The van der Waals surface area contributed by atoms with Gasteiger partial charge in [0.15, 0.2) is 6.10 Å². The van der Waals surface area contributed by atoms with Gasteiger partial charge in [-0.15, -0.1) is 0 Å². The Bertz CT molecular complexity index is 979. The molecule has 0 aromatic rings. The highest BCUT2D eigenvalue weighted by molar-refractivity contribution is 7.47. The molecule has 0 spiro atoms. The van der Waals surface area contributed by atoms with E-state index in [2.05, 4.69) is 62.5 Å². The van der Waals surface area contributed by atoms with Crippen molar-refractivity contribution in [1.29, 1.82) is 0 Å². The second-order valence-electron chi connectivity index (χ2n) is 13.6. The van der Waals surface area contributed by atoms with Gasteiger partial charge in [-0.2, -0.15) is 0 Å². The summed E-state index contributed by atoms with van der Waals surface area (Å²) in [5.74, 6) is -0.406. The molecule has 0 heterocycles. The Morgan fingerprint density at radius 3 is 1.58 bits per heavy atom. The number of hydrogen-bond donors (Lipinski definition) is 2. The zero-order valence-electron chi connectivity index (χ0n) is 33.3. The molecule has 8 nitrogen and oxygen atoms in total.